The van der Waals surface area contributed by atoms with E-state index in [0.717, 1.165) is 0 Å². The van der Waals surface area contributed by atoms with Crippen molar-refractivity contribution in [3.63, 3.8) is 0 Å². The van der Waals surface area contributed by atoms with Gasteiger partial charge in [0.05, 0.1) is 0 Å². The zero-order chi connectivity index (χ0) is 13.5. The van der Waals surface area contributed by atoms with Gasteiger partial charge in [-0.15, -0.1) is 0 Å². The second kappa shape index (κ2) is 6.90. The van der Waals surface area contributed by atoms with Gasteiger partial charge in [0.1, 0.15) is 11.3 Å². The van der Waals surface area contributed by atoms with Crippen molar-refractivity contribution in [2.75, 3.05) is 5.75 Å². The summed E-state index contributed by atoms with van der Waals surface area (Å²) in [5.74, 6) is -1.65. The molecule has 1 atom stereocenters. The molecule has 1 aromatic rings. The van der Waals surface area contributed by atoms with Crippen molar-refractivity contribution in [1.82, 2.24) is 0 Å². The molecule has 0 amide bonds. The first-order valence-electron chi connectivity index (χ1n) is 5.39. The Morgan fingerprint density at radius 3 is 2.50 bits per heavy atom. The zero-order valence-corrected chi connectivity index (χ0v) is 10.5. The Kier molecular flexibility index (Phi) is 5.51. The molecule has 0 aliphatic carbocycles. The molecule has 1 unspecified atom stereocenters. The van der Waals surface area contributed by atoms with E-state index in [1.807, 2.05) is 0 Å². The van der Waals surface area contributed by atoms with Gasteiger partial charge in [-0.1, -0.05) is 12.1 Å². The lowest BCUT2D eigenvalue weighted by atomic mass is 10.2. The van der Waals surface area contributed by atoms with Crippen LogP contribution in [0.4, 0.5) is 0 Å². The normalized spacial score (nSPS) is 11.8. The first-order chi connectivity index (χ1) is 8.56. The maximum absolute atomic E-state index is 11.0. The highest BCUT2D eigenvalue weighted by Crippen LogP contribution is 2.20. The van der Waals surface area contributed by atoms with Gasteiger partial charge in [0.25, 0.3) is 0 Å². The van der Waals surface area contributed by atoms with Crippen molar-refractivity contribution < 1.29 is 24.5 Å². The fourth-order valence-electron chi connectivity index (χ4n) is 1.41. The van der Waals surface area contributed by atoms with Crippen LogP contribution in [-0.4, -0.2) is 34.0 Å². The molecular formula is C12H14O5S. The number of rotatable bonds is 7. The van der Waals surface area contributed by atoms with Gasteiger partial charge in [-0.05, 0) is 30.7 Å². The summed E-state index contributed by atoms with van der Waals surface area (Å²) in [5.41, 5.74) is -0.0466. The molecule has 0 spiro atoms. The number of thiol groups is 1. The number of hydrogen-bond acceptors (Lipinski definition) is 4. The Bertz CT molecular complexity index is 432. The summed E-state index contributed by atoms with van der Waals surface area (Å²) in [6.07, 6.45) is -0.195. The fraction of sp³-hybridized carbons (Fsp3) is 0.333. The Morgan fingerprint density at radius 1 is 1.28 bits per heavy atom. The number of hydrogen-bond donors (Lipinski definition) is 3. The summed E-state index contributed by atoms with van der Waals surface area (Å²) in [6.45, 7) is 0. The molecule has 0 aromatic heterocycles. The minimum atomic E-state index is -1.15. The van der Waals surface area contributed by atoms with Crippen molar-refractivity contribution in [3.05, 3.63) is 29.8 Å². The van der Waals surface area contributed by atoms with Gasteiger partial charge < -0.3 is 14.9 Å². The van der Waals surface area contributed by atoms with E-state index in [4.69, 9.17) is 14.9 Å². The zero-order valence-electron chi connectivity index (χ0n) is 9.57. The van der Waals surface area contributed by atoms with Gasteiger partial charge in [0.15, 0.2) is 6.10 Å². The smallest absolute Gasteiger partial charge is 0.344 e. The van der Waals surface area contributed by atoms with E-state index >= 15 is 0 Å². The van der Waals surface area contributed by atoms with Crippen LogP contribution in [0.5, 0.6) is 5.75 Å². The van der Waals surface area contributed by atoms with E-state index in [9.17, 15) is 9.59 Å². The molecule has 0 saturated carbocycles. The highest BCUT2D eigenvalue weighted by atomic mass is 32.1. The predicted octanol–water partition coefficient (Wildman–Crippen LogP) is 1.93. The van der Waals surface area contributed by atoms with Crippen molar-refractivity contribution in [3.8, 4) is 5.75 Å². The molecule has 0 aliphatic heterocycles. The van der Waals surface area contributed by atoms with Gasteiger partial charge in [-0.25, -0.2) is 9.59 Å². The average Bonchev–Trinajstić information content (AvgIpc) is 2.34. The molecule has 0 heterocycles. The Balaban J connectivity index is 2.86. The quantitative estimate of drug-likeness (QED) is 0.659. The number of aromatic carboxylic acids is 1. The van der Waals surface area contributed by atoms with Crippen LogP contribution in [0.15, 0.2) is 24.3 Å². The second-order valence-electron chi connectivity index (χ2n) is 3.61. The van der Waals surface area contributed by atoms with Crippen LogP contribution in [0.3, 0.4) is 0 Å². The maximum Gasteiger partial charge on any atom is 0.344 e. The number of carboxylic acids is 2. The van der Waals surface area contributed by atoms with Crippen LogP contribution in [0.2, 0.25) is 0 Å². The van der Waals surface area contributed by atoms with Crippen molar-refractivity contribution in [2.24, 2.45) is 0 Å². The SMILES string of the molecule is O=C(O)c1ccccc1OC(CCCS)C(=O)O. The minimum Gasteiger partial charge on any atom is -0.479 e. The molecule has 2 N–H and O–H groups in total. The lowest BCUT2D eigenvalue weighted by Crippen LogP contribution is -2.27. The van der Waals surface area contributed by atoms with Crippen molar-refractivity contribution in [2.45, 2.75) is 18.9 Å². The molecule has 1 rings (SSSR count). The lowest BCUT2D eigenvalue weighted by Gasteiger charge is -2.16. The molecule has 0 bridgehead atoms. The van der Waals surface area contributed by atoms with E-state index in [1.54, 1.807) is 12.1 Å². The number of para-hydroxylation sites is 1. The van der Waals surface area contributed by atoms with Crippen LogP contribution < -0.4 is 4.74 Å². The summed E-state index contributed by atoms with van der Waals surface area (Å²) in [6, 6.07) is 5.97. The summed E-state index contributed by atoms with van der Waals surface area (Å²) in [4.78, 5) is 21.9. The van der Waals surface area contributed by atoms with Crippen molar-refractivity contribution in [1.29, 1.82) is 0 Å². The molecule has 0 fully saturated rings. The van der Waals surface area contributed by atoms with E-state index in [2.05, 4.69) is 12.6 Å². The van der Waals surface area contributed by atoms with Crippen LogP contribution in [-0.2, 0) is 4.79 Å². The fourth-order valence-corrected chi connectivity index (χ4v) is 1.59. The summed E-state index contributed by atoms with van der Waals surface area (Å²) >= 11 is 4.00. The van der Waals surface area contributed by atoms with E-state index in [0.29, 0.717) is 12.2 Å². The topological polar surface area (TPSA) is 83.8 Å². The first kappa shape index (κ1) is 14.4. The van der Waals surface area contributed by atoms with Crippen LogP contribution in [0.1, 0.15) is 23.2 Å². The Labute approximate surface area is 110 Å². The van der Waals surface area contributed by atoms with Crippen LogP contribution in [0, 0.1) is 0 Å². The van der Waals surface area contributed by atoms with E-state index < -0.39 is 18.0 Å². The summed E-state index contributed by atoms with van der Waals surface area (Å²) in [5, 5.41) is 17.9. The highest BCUT2D eigenvalue weighted by Gasteiger charge is 2.21. The molecule has 5 nitrogen and oxygen atoms in total. The van der Waals surface area contributed by atoms with Gasteiger partial charge in [-0.3, -0.25) is 0 Å². The number of benzene rings is 1. The van der Waals surface area contributed by atoms with Crippen molar-refractivity contribution >= 4 is 24.6 Å². The second-order valence-corrected chi connectivity index (χ2v) is 4.06. The molecule has 0 aliphatic rings. The third-order valence-corrected chi connectivity index (χ3v) is 2.60. The predicted molar refractivity (Wildman–Crippen MR) is 68.5 cm³/mol. The van der Waals surface area contributed by atoms with Gasteiger partial charge in [0.2, 0.25) is 0 Å². The molecule has 6 heteroatoms. The van der Waals surface area contributed by atoms with Gasteiger partial charge in [-0.2, -0.15) is 12.6 Å². The highest BCUT2D eigenvalue weighted by molar-refractivity contribution is 7.80. The summed E-state index contributed by atoms with van der Waals surface area (Å²) < 4.78 is 5.26. The van der Waals surface area contributed by atoms with Crippen LogP contribution >= 0.6 is 12.6 Å². The molecular weight excluding hydrogens is 256 g/mol. The van der Waals surface area contributed by atoms with Gasteiger partial charge >= 0.3 is 11.9 Å². The summed E-state index contributed by atoms with van der Waals surface area (Å²) in [7, 11) is 0. The largest absolute Gasteiger partial charge is 0.479 e. The van der Waals surface area contributed by atoms with Crippen LogP contribution in [0.25, 0.3) is 0 Å². The van der Waals surface area contributed by atoms with E-state index in [1.165, 1.54) is 12.1 Å². The minimum absolute atomic E-state index is 0.0466. The molecule has 0 radical (unpaired) electrons. The average molecular weight is 270 g/mol. The van der Waals surface area contributed by atoms with Gasteiger partial charge in [0, 0.05) is 0 Å². The molecule has 0 saturated heterocycles. The number of carboxylic acid groups (broad SMARTS) is 2. The number of carbonyl (C=O) groups is 2. The maximum atomic E-state index is 11.0. The standard InChI is InChI=1S/C12H14O5S/c13-11(14)8-4-1-2-5-9(8)17-10(12(15)16)6-3-7-18/h1-2,4-5,10,18H,3,6-7H2,(H,13,14)(H,15,16). The van der Waals surface area contributed by atoms with E-state index in [-0.39, 0.29) is 17.7 Å². The number of aliphatic carboxylic acids is 1. The third-order valence-electron chi connectivity index (χ3n) is 2.29. The third kappa shape index (κ3) is 3.96. The lowest BCUT2D eigenvalue weighted by molar-refractivity contribution is -0.145. The first-order valence-corrected chi connectivity index (χ1v) is 6.02. The Morgan fingerprint density at radius 2 is 1.94 bits per heavy atom. The Hall–Kier alpha value is -1.69. The molecule has 1 aromatic carbocycles. The molecule has 98 valence electrons. The number of ether oxygens (including phenoxy) is 1. The monoisotopic (exact) mass is 270 g/mol. The molecule has 18 heavy (non-hydrogen) atoms.